The molecule has 1 rings (SSSR count). The number of carbonyl (C=O) groups is 1. The standard InChI is InChI=1S/C13H23N5O/c1-3-5-6-18(10-12(14)19)9-11-7-17-13(8-16-11)15-4-2/h7-8H,3-6,9-10H2,1-2H3,(H2,14,19)(H,15,17). The summed E-state index contributed by atoms with van der Waals surface area (Å²) in [5, 5.41) is 3.09. The van der Waals surface area contributed by atoms with Gasteiger partial charge in [0.05, 0.1) is 24.6 Å². The van der Waals surface area contributed by atoms with Gasteiger partial charge < -0.3 is 11.1 Å². The van der Waals surface area contributed by atoms with Crippen LogP contribution in [0.4, 0.5) is 5.82 Å². The Morgan fingerprint density at radius 2 is 2.16 bits per heavy atom. The molecule has 19 heavy (non-hydrogen) atoms. The van der Waals surface area contributed by atoms with Crippen molar-refractivity contribution in [3.8, 4) is 0 Å². The van der Waals surface area contributed by atoms with Crippen molar-refractivity contribution in [3.05, 3.63) is 18.1 Å². The Balaban J connectivity index is 2.58. The third-order valence-corrected chi connectivity index (χ3v) is 2.66. The third-order valence-electron chi connectivity index (χ3n) is 2.66. The molecule has 3 N–H and O–H groups in total. The van der Waals surface area contributed by atoms with Gasteiger partial charge in [0.2, 0.25) is 5.91 Å². The number of aromatic nitrogens is 2. The van der Waals surface area contributed by atoms with Crippen molar-refractivity contribution >= 4 is 11.7 Å². The van der Waals surface area contributed by atoms with Crippen molar-refractivity contribution in [3.63, 3.8) is 0 Å². The first kappa shape index (κ1) is 15.4. The van der Waals surface area contributed by atoms with Crippen LogP contribution in [-0.2, 0) is 11.3 Å². The smallest absolute Gasteiger partial charge is 0.231 e. The van der Waals surface area contributed by atoms with Crippen LogP contribution in [0.3, 0.4) is 0 Å². The Labute approximate surface area is 114 Å². The second kappa shape index (κ2) is 8.42. The molecule has 0 radical (unpaired) electrons. The maximum Gasteiger partial charge on any atom is 0.231 e. The maximum atomic E-state index is 11.0. The number of hydrogen-bond acceptors (Lipinski definition) is 5. The van der Waals surface area contributed by atoms with E-state index in [4.69, 9.17) is 5.73 Å². The summed E-state index contributed by atoms with van der Waals surface area (Å²) in [5.74, 6) is 0.453. The van der Waals surface area contributed by atoms with Crippen molar-refractivity contribution in [1.29, 1.82) is 0 Å². The fraction of sp³-hybridized carbons (Fsp3) is 0.615. The van der Waals surface area contributed by atoms with E-state index in [0.717, 1.165) is 37.4 Å². The van der Waals surface area contributed by atoms with Crippen LogP contribution in [0.5, 0.6) is 0 Å². The van der Waals surface area contributed by atoms with E-state index in [1.807, 2.05) is 11.8 Å². The molecule has 1 aromatic heterocycles. The fourth-order valence-corrected chi connectivity index (χ4v) is 1.75. The number of unbranched alkanes of at least 4 members (excludes halogenated alkanes) is 1. The minimum absolute atomic E-state index is 0.261. The summed E-state index contributed by atoms with van der Waals surface area (Å²) in [4.78, 5) is 21.6. The van der Waals surface area contributed by atoms with Crippen molar-refractivity contribution in [2.24, 2.45) is 5.73 Å². The van der Waals surface area contributed by atoms with Gasteiger partial charge in [0.1, 0.15) is 5.82 Å². The van der Waals surface area contributed by atoms with Gasteiger partial charge in [-0.1, -0.05) is 13.3 Å². The number of rotatable bonds is 9. The highest BCUT2D eigenvalue weighted by Crippen LogP contribution is 2.05. The Bertz CT molecular complexity index is 379. The second-order valence-electron chi connectivity index (χ2n) is 4.45. The number of anilines is 1. The highest BCUT2D eigenvalue weighted by Gasteiger charge is 2.09. The monoisotopic (exact) mass is 265 g/mol. The molecule has 0 unspecified atom stereocenters. The van der Waals surface area contributed by atoms with E-state index in [0.29, 0.717) is 6.54 Å². The van der Waals surface area contributed by atoms with Crippen LogP contribution in [0, 0.1) is 0 Å². The lowest BCUT2D eigenvalue weighted by molar-refractivity contribution is -0.119. The summed E-state index contributed by atoms with van der Waals surface area (Å²) < 4.78 is 0. The first-order valence-electron chi connectivity index (χ1n) is 6.71. The predicted molar refractivity (Wildman–Crippen MR) is 75.6 cm³/mol. The molecule has 0 saturated heterocycles. The molecule has 0 aliphatic heterocycles. The van der Waals surface area contributed by atoms with Gasteiger partial charge in [-0.25, -0.2) is 4.98 Å². The lowest BCUT2D eigenvalue weighted by Gasteiger charge is -2.19. The summed E-state index contributed by atoms with van der Waals surface area (Å²) >= 11 is 0. The van der Waals surface area contributed by atoms with Crippen molar-refractivity contribution in [2.75, 3.05) is 25.0 Å². The van der Waals surface area contributed by atoms with Gasteiger partial charge in [0.25, 0.3) is 0 Å². The number of primary amides is 1. The van der Waals surface area contributed by atoms with E-state index in [1.165, 1.54) is 0 Å². The van der Waals surface area contributed by atoms with E-state index in [1.54, 1.807) is 12.4 Å². The highest BCUT2D eigenvalue weighted by atomic mass is 16.1. The summed E-state index contributed by atoms with van der Waals surface area (Å²) in [5.41, 5.74) is 6.10. The van der Waals surface area contributed by atoms with Gasteiger partial charge in [-0.05, 0) is 19.9 Å². The molecule has 0 atom stereocenters. The molecule has 6 heteroatoms. The molecular formula is C13H23N5O. The summed E-state index contributed by atoms with van der Waals surface area (Å²) in [6.07, 6.45) is 5.56. The number of carbonyl (C=O) groups excluding carboxylic acids is 1. The molecule has 0 aromatic carbocycles. The SMILES string of the molecule is CCCCN(CC(N)=O)Cc1cnc(NCC)cn1. The van der Waals surface area contributed by atoms with E-state index in [-0.39, 0.29) is 12.5 Å². The van der Waals surface area contributed by atoms with Crippen molar-refractivity contribution < 1.29 is 4.79 Å². The number of nitrogens with two attached hydrogens (primary N) is 1. The largest absolute Gasteiger partial charge is 0.369 e. The molecule has 0 bridgehead atoms. The molecule has 0 fully saturated rings. The zero-order chi connectivity index (χ0) is 14.1. The van der Waals surface area contributed by atoms with Gasteiger partial charge in [-0.15, -0.1) is 0 Å². The third kappa shape index (κ3) is 6.15. The molecule has 106 valence electrons. The van der Waals surface area contributed by atoms with Gasteiger partial charge >= 0.3 is 0 Å². The van der Waals surface area contributed by atoms with Crippen LogP contribution in [0.15, 0.2) is 12.4 Å². The average Bonchev–Trinajstić information content (AvgIpc) is 2.38. The minimum Gasteiger partial charge on any atom is -0.369 e. The lowest BCUT2D eigenvalue weighted by Crippen LogP contribution is -2.34. The molecular weight excluding hydrogens is 242 g/mol. The number of nitrogens with zero attached hydrogens (tertiary/aromatic N) is 3. The van der Waals surface area contributed by atoms with Gasteiger partial charge in [-0.3, -0.25) is 14.7 Å². The van der Waals surface area contributed by atoms with Crippen molar-refractivity contribution in [2.45, 2.75) is 33.2 Å². The Kier molecular flexibility index (Phi) is 6.81. The molecule has 1 aromatic rings. The number of hydrogen-bond donors (Lipinski definition) is 2. The molecule has 1 amide bonds. The predicted octanol–water partition coefficient (Wildman–Crippen LogP) is 0.996. The van der Waals surface area contributed by atoms with E-state index < -0.39 is 0 Å². The first-order valence-corrected chi connectivity index (χ1v) is 6.71. The topological polar surface area (TPSA) is 84.1 Å². The first-order chi connectivity index (χ1) is 9.15. The molecule has 0 aliphatic carbocycles. The summed E-state index contributed by atoms with van der Waals surface area (Å²) in [6.45, 7) is 6.65. The van der Waals surface area contributed by atoms with Gasteiger partial charge in [-0.2, -0.15) is 0 Å². The van der Waals surface area contributed by atoms with Gasteiger partial charge in [0, 0.05) is 13.1 Å². The Morgan fingerprint density at radius 1 is 1.37 bits per heavy atom. The summed E-state index contributed by atoms with van der Waals surface area (Å²) in [6, 6.07) is 0. The van der Waals surface area contributed by atoms with E-state index in [2.05, 4.69) is 22.2 Å². The number of amides is 1. The summed E-state index contributed by atoms with van der Waals surface area (Å²) in [7, 11) is 0. The zero-order valence-electron chi connectivity index (χ0n) is 11.7. The van der Waals surface area contributed by atoms with Crippen LogP contribution in [0.2, 0.25) is 0 Å². The molecule has 0 aliphatic rings. The van der Waals surface area contributed by atoms with Crippen LogP contribution < -0.4 is 11.1 Å². The Hall–Kier alpha value is -1.69. The highest BCUT2D eigenvalue weighted by molar-refractivity contribution is 5.75. The molecule has 6 nitrogen and oxygen atoms in total. The number of nitrogens with one attached hydrogen (secondary N) is 1. The van der Waals surface area contributed by atoms with E-state index >= 15 is 0 Å². The molecule has 0 saturated carbocycles. The van der Waals surface area contributed by atoms with Crippen LogP contribution in [-0.4, -0.2) is 40.4 Å². The average molecular weight is 265 g/mol. The molecule has 1 heterocycles. The Morgan fingerprint density at radius 3 is 2.68 bits per heavy atom. The quantitative estimate of drug-likeness (QED) is 0.695. The van der Waals surface area contributed by atoms with Crippen molar-refractivity contribution in [1.82, 2.24) is 14.9 Å². The van der Waals surface area contributed by atoms with E-state index in [9.17, 15) is 4.79 Å². The minimum atomic E-state index is -0.312. The molecule has 0 spiro atoms. The zero-order valence-corrected chi connectivity index (χ0v) is 11.7. The maximum absolute atomic E-state index is 11.0. The fourth-order valence-electron chi connectivity index (χ4n) is 1.75. The van der Waals surface area contributed by atoms with Crippen LogP contribution >= 0.6 is 0 Å². The van der Waals surface area contributed by atoms with Crippen LogP contribution in [0.1, 0.15) is 32.4 Å². The lowest BCUT2D eigenvalue weighted by atomic mass is 10.3. The van der Waals surface area contributed by atoms with Gasteiger partial charge in [0.15, 0.2) is 0 Å². The second-order valence-corrected chi connectivity index (χ2v) is 4.45. The normalized spacial score (nSPS) is 10.7. The van der Waals surface area contributed by atoms with Crippen LogP contribution in [0.25, 0.3) is 0 Å².